The normalized spacial score (nSPS) is 10.4. The van der Waals surface area contributed by atoms with Gasteiger partial charge in [-0.25, -0.2) is 0 Å². The molecular formula is C16H21N5O2S. The van der Waals surface area contributed by atoms with Crippen LogP contribution in [0, 0.1) is 6.92 Å². The van der Waals surface area contributed by atoms with Gasteiger partial charge >= 0.3 is 0 Å². The van der Waals surface area contributed by atoms with E-state index in [4.69, 9.17) is 0 Å². The fourth-order valence-electron chi connectivity index (χ4n) is 2.04. The molecule has 0 bridgehead atoms. The SMILES string of the molecule is CCNC(=O)CNC(=O)CSc1nnc(C)n1Cc1ccccc1. The maximum absolute atomic E-state index is 11.8. The van der Waals surface area contributed by atoms with Crippen molar-refractivity contribution in [3.63, 3.8) is 0 Å². The van der Waals surface area contributed by atoms with Gasteiger partial charge in [0.25, 0.3) is 0 Å². The molecule has 0 aliphatic heterocycles. The number of nitrogens with one attached hydrogen (secondary N) is 2. The van der Waals surface area contributed by atoms with Gasteiger partial charge in [0.2, 0.25) is 11.8 Å². The second kappa shape index (κ2) is 9.07. The molecule has 2 N–H and O–H groups in total. The number of benzene rings is 1. The van der Waals surface area contributed by atoms with Gasteiger partial charge in [-0.15, -0.1) is 10.2 Å². The number of amides is 2. The average molecular weight is 347 g/mol. The van der Waals surface area contributed by atoms with E-state index in [0.717, 1.165) is 11.4 Å². The minimum atomic E-state index is -0.210. The first kappa shape index (κ1) is 18.0. The predicted molar refractivity (Wildman–Crippen MR) is 92.7 cm³/mol. The van der Waals surface area contributed by atoms with Crippen LogP contribution in [0.1, 0.15) is 18.3 Å². The molecule has 0 spiro atoms. The number of carbonyl (C=O) groups is 2. The van der Waals surface area contributed by atoms with E-state index in [0.29, 0.717) is 18.2 Å². The molecule has 128 valence electrons. The summed E-state index contributed by atoms with van der Waals surface area (Å²) < 4.78 is 1.97. The largest absolute Gasteiger partial charge is 0.355 e. The van der Waals surface area contributed by atoms with Crippen molar-refractivity contribution in [3.8, 4) is 0 Å². The fraction of sp³-hybridized carbons (Fsp3) is 0.375. The number of nitrogens with zero attached hydrogens (tertiary/aromatic N) is 3. The van der Waals surface area contributed by atoms with Crippen molar-refractivity contribution in [1.82, 2.24) is 25.4 Å². The van der Waals surface area contributed by atoms with Gasteiger partial charge in [0.05, 0.1) is 18.8 Å². The van der Waals surface area contributed by atoms with E-state index in [9.17, 15) is 9.59 Å². The first-order chi connectivity index (χ1) is 11.6. The molecule has 2 amide bonds. The fourth-order valence-corrected chi connectivity index (χ4v) is 2.85. The first-order valence-electron chi connectivity index (χ1n) is 7.70. The first-order valence-corrected chi connectivity index (χ1v) is 8.68. The topological polar surface area (TPSA) is 88.9 Å². The van der Waals surface area contributed by atoms with E-state index in [2.05, 4.69) is 20.8 Å². The Bertz CT molecular complexity index is 687. The molecule has 0 radical (unpaired) electrons. The van der Waals surface area contributed by atoms with E-state index < -0.39 is 0 Å². The highest BCUT2D eigenvalue weighted by molar-refractivity contribution is 7.99. The third-order valence-electron chi connectivity index (χ3n) is 3.24. The molecule has 0 aliphatic rings. The minimum Gasteiger partial charge on any atom is -0.355 e. The van der Waals surface area contributed by atoms with E-state index >= 15 is 0 Å². The van der Waals surface area contributed by atoms with Gasteiger partial charge in [0.1, 0.15) is 5.82 Å². The summed E-state index contributed by atoms with van der Waals surface area (Å²) in [4.78, 5) is 23.2. The van der Waals surface area contributed by atoms with Crippen LogP contribution in [0.3, 0.4) is 0 Å². The molecule has 0 unspecified atom stereocenters. The Morgan fingerprint density at radius 1 is 1.12 bits per heavy atom. The molecule has 2 aromatic rings. The molecule has 0 atom stereocenters. The molecule has 7 nitrogen and oxygen atoms in total. The lowest BCUT2D eigenvalue weighted by Crippen LogP contribution is -2.37. The van der Waals surface area contributed by atoms with Crippen molar-refractivity contribution in [2.24, 2.45) is 0 Å². The lowest BCUT2D eigenvalue weighted by Gasteiger charge is -2.09. The van der Waals surface area contributed by atoms with Crippen molar-refractivity contribution < 1.29 is 9.59 Å². The zero-order valence-corrected chi connectivity index (χ0v) is 14.6. The number of thioether (sulfide) groups is 1. The monoisotopic (exact) mass is 347 g/mol. The average Bonchev–Trinajstić information content (AvgIpc) is 2.92. The van der Waals surface area contributed by atoms with E-state index in [1.165, 1.54) is 11.8 Å². The Morgan fingerprint density at radius 3 is 2.58 bits per heavy atom. The zero-order chi connectivity index (χ0) is 17.4. The summed E-state index contributed by atoms with van der Waals surface area (Å²) in [6, 6.07) is 10.0. The van der Waals surface area contributed by atoms with Gasteiger partial charge in [0.15, 0.2) is 5.16 Å². The second-order valence-corrected chi connectivity index (χ2v) is 6.06. The van der Waals surface area contributed by atoms with Crippen LogP contribution in [-0.4, -0.2) is 45.4 Å². The van der Waals surface area contributed by atoms with Crippen molar-refractivity contribution in [2.45, 2.75) is 25.5 Å². The smallest absolute Gasteiger partial charge is 0.239 e. The van der Waals surface area contributed by atoms with Gasteiger partial charge in [-0.1, -0.05) is 42.1 Å². The zero-order valence-electron chi connectivity index (χ0n) is 13.8. The number of carbonyl (C=O) groups excluding carboxylic acids is 2. The Labute approximate surface area is 145 Å². The molecule has 0 saturated heterocycles. The lowest BCUT2D eigenvalue weighted by molar-refractivity contribution is -0.124. The molecule has 1 aromatic heterocycles. The predicted octanol–water partition coefficient (Wildman–Crippen LogP) is 0.979. The molecule has 1 aromatic carbocycles. The molecule has 1 heterocycles. The maximum Gasteiger partial charge on any atom is 0.239 e. The summed E-state index contributed by atoms with van der Waals surface area (Å²) in [6.07, 6.45) is 0. The lowest BCUT2D eigenvalue weighted by atomic mass is 10.2. The van der Waals surface area contributed by atoms with Crippen LogP contribution in [0.15, 0.2) is 35.5 Å². The number of aromatic nitrogens is 3. The summed E-state index contributed by atoms with van der Waals surface area (Å²) >= 11 is 1.31. The molecule has 2 rings (SSSR count). The third kappa shape index (κ3) is 5.38. The van der Waals surface area contributed by atoms with E-state index in [1.54, 1.807) is 0 Å². The van der Waals surface area contributed by atoms with Crippen molar-refractivity contribution >= 4 is 23.6 Å². The maximum atomic E-state index is 11.8. The number of rotatable bonds is 8. The van der Waals surface area contributed by atoms with Gasteiger partial charge in [-0.05, 0) is 19.4 Å². The summed E-state index contributed by atoms with van der Waals surface area (Å²) in [5.74, 6) is 0.577. The van der Waals surface area contributed by atoms with Crippen LogP contribution in [0.25, 0.3) is 0 Å². The summed E-state index contributed by atoms with van der Waals surface area (Å²) in [5.41, 5.74) is 1.14. The van der Waals surface area contributed by atoms with Crippen LogP contribution in [0.5, 0.6) is 0 Å². The molecule has 24 heavy (non-hydrogen) atoms. The number of aryl methyl sites for hydroxylation is 1. The van der Waals surface area contributed by atoms with Crippen LogP contribution in [-0.2, 0) is 16.1 Å². The van der Waals surface area contributed by atoms with Crippen molar-refractivity contribution in [3.05, 3.63) is 41.7 Å². The Morgan fingerprint density at radius 2 is 1.88 bits per heavy atom. The Kier molecular flexibility index (Phi) is 6.80. The Hall–Kier alpha value is -2.35. The van der Waals surface area contributed by atoms with Gasteiger partial charge in [-0.3, -0.25) is 9.59 Å². The van der Waals surface area contributed by atoms with Crippen LogP contribution >= 0.6 is 11.8 Å². The second-order valence-electron chi connectivity index (χ2n) is 5.12. The molecule has 0 aliphatic carbocycles. The summed E-state index contributed by atoms with van der Waals surface area (Å²) in [6.45, 7) is 4.91. The summed E-state index contributed by atoms with van der Waals surface area (Å²) in [5, 5.41) is 14.1. The number of hydrogen-bond donors (Lipinski definition) is 2. The molecular weight excluding hydrogens is 326 g/mol. The van der Waals surface area contributed by atoms with Gasteiger partial charge < -0.3 is 15.2 Å². The molecule has 0 saturated carbocycles. The van der Waals surface area contributed by atoms with Crippen molar-refractivity contribution in [1.29, 1.82) is 0 Å². The highest BCUT2D eigenvalue weighted by atomic mass is 32.2. The van der Waals surface area contributed by atoms with Crippen LogP contribution in [0.4, 0.5) is 0 Å². The van der Waals surface area contributed by atoms with Gasteiger partial charge in [0, 0.05) is 6.54 Å². The van der Waals surface area contributed by atoms with Gasteiger partial charge in [-0.2, -0.15) is 0 Å². The summed E-state index contributed by atoms with van der Waals surface area (Å²) in [7, 11) is 0. The minimum absolute atomic E-state index is 0.0109. The number of hydrogen-bond acceptors (Lipinski definition) is 5. The van der Waals surface area contributed by atoms with E-state index in [1.807, 2.05) is 48.7 Å². The Balaban J connectivity index is 1.89. The molecule has 8 heteroatoms. The van der Waals surface area contributed by atoms with Crippen LogP contribution < -0.4 is 10.6 Å². The van der Waals surface area contributed by atoms with Crippen molar-refractivity contribution in [2.75, 3.05) is 18.8 Å². The third-order valence-corrected chi connectivity index (χ3v) is 4.20. The highest BCUT2D eigenvalue weighted by Gasteiger charge is 2.12. The van der Waals surface area contributed by atoms with E-state index in [-0.39, 0.29) is 24.1 Å². The van der Waals surface area contributed by atoms with Crippen LogP contribution in [0.2, 0.25) is 0 Å². The standard InChI is InChI=1S/C16H21N5O2S/c1-3-17-14(22)9-18-15(23)11-24-16-20-19-12(2)21(16)10-13-7-5-4-6-8-13/h4-8H,3,9-11H2,1-2H3,(H,17,22)(H,18,23). The quantitative estimate of drug-likeness (QED) is 0.695. The highest BCUT2D eigenvalue weighted by Crippen LogP contribution is 2.18. The molecule has 0 fully saturated rings. The number of likely N-dealkylation sites (N-methyl/N-ethyl adjacent to an activating group) is 1.